The Morgan fingerprint density at radius 3 is 2.69 bits per heavy atom. The Balaban J connectivity index is 2.81. The van der Waals surface area contributed by atoms with Crippen LogP contribution in [0.5, 0.6) is 0 Å². The summed E-state index contributed by atoms with van der Waals surface area (Å²) < 4.78 is 0.963. The number of hydrogen-bond acceptors (Lipinski definition) is 3. The number of hydrogen-bond donors (Lipinski definition) is 2. The largest absolute Gasteiger partial charge is 0.477 e. The van der Waals surface area contributed by atoms with Crippen molar-refractivity contribution in [1.82, 2.24) is 0 Å². The lowest BCUT2D eigenvalue weighted by atomic mass is 10.2. The third-order valence-electron chi connectivity index (χ3n) is 1.76. The van der Waals surface area contributed by atoms with Gasteiger partial charge in [-0.2, -0.15) is 0 Å². The molecule has 2 rings (SSSR count). The van der Waals surface area contributed by atoms with Gasteiger partial charge in [0.2, 0.25) is 0 Å². The molecule has 0 aliphatic rings. The van der Waals surface area contributed by atoms with Gasteiger partial charge in [0.05, 0.1) is 0 Å². The number of fused-ring (bicyclic) bond motifs is 1. The molecule has 4 heteroatoms. The summed E-state index contributed by atoms with van der Waals surface area (Å²) in [4.78, 5) is 11.6. The summed E-state index contributed by atoms with van der Waals surface area (Å²) in [5.41, 5.74) is 0. The van der Waals surface area contributed by atoms with Crippen molar-refractivity contribution in [3.63, 3.8) is 0 Å². The molecule has 0 saturated heterocycles. The Morgan fingerprint density at radius 2 is 2.08 bits per heavy atom. The van der Waals surface area contributed by atoms with Crippen LogP contribution in [0.2, 0.25) is 0 Å². The van der Waals surface area contributed by atoms with Gasteiger partial charge in [-0.3, -0.25) is 0 Å². The minimum Gasteiger partial charge on any atom is -0.477 e. The van der Waals surface area contributed by atoms with E-state index in [2.05, 4.69) is 12.6 Å². The molecule has 2 nitrogen and oxygen atoms in total. The highest BCUT2D eigenvalue weighted by molar-refractivity contribution is 7.81. The molecule has 0 aliphatic carbocycles. The summed E-state index contributed by atoms with van der Waals surface area (Å²) in [7, 11) is 0. The fourth-order valence-electron chi connectivity index (χ4n) is 1.18. The predicted molar refractivity (Wildman–Crippen MR) is 56.0 cm³/mol. The average Bonchev–Trinajstić information content (AvgIpc) is 2.45. The van der Waals surface area contributed by atoms with Crippen molar-refractivity contribution in [3.05, 3.63) is 29.1 Å². The zero-order valence-corrected chi connectivity index (χ0v) is 8.23. The second-order valence-corrected chi connectivity index (χ2v) is 4.08. The van der Waals surface area contributed by atoms with Crippen molar-refractivity contribution >= 4 is 40.0 Å². The van der Waals surface area contributed by atoms with E-state index in [1.165, 1.54) is 11.3 Å². The molecule has 0 unspecified atom stereocenters. The number of carboxylic acids is 1. The normalized spacial score (nSPS) is 10.5. The molecule has 0 amide bonds. The minimum absolute atomic E-state index is 0.310. The lowest BCUT2D eigenvalue weighted by molar-refractivity contribution is 0.0699. The van der Waals surface area contributed by atoms with Crippen LogP contribution < -0.4 is 0 Å². The van der Waals surface area contributed by atoms with E-state index in [-0.39, 0.29) is 0 Å². The Labute approximate surface area is 84.2 Å². The van der Waals surface area contributed by atoms with Gasteiger partial charge in [-0.05, 0) is 6.07 Å². The standard InChI is InChI=1S/C9H6O2S2/c10-9(11)8-7(12)5-3-1-2-4-6(5)13-8/h1-4,12H,(H,10,11). The first-order valence-electron chi connectivity index (χ1n) is 3.64. The topological polar surface area (TPSA) is 37.3 Å². The molecule has 0 atom stereocenters. The fourth-order valence-corrected chi connectivity index (χ4v) is 2.62. The van der Waals surface area contributed by atoms with Crippen molar-refractivity contribution in [2.75, 3.05) is 0 Å². The lowest BCUT2D eigenvalue weighted by Gasteiger charge is -1.89. The lowest BCUT2D eigenvalue weighted by Crippen LogP contribution is -1.91. The van der Waals surface area contributed by atoms with E-state index in [0.717, 1.165) is 10.1 Å². The molecule has 2 aromatic rings. The molecule has 1 aromatic carbocycles. The molecule has 13 heavy (non-hydrogen) atoms. The van der Waals surface area contributed by atoms with Gasteiger partial charge in [0.25, 0.3) is 0 Å². The molecular formula is C9H6O2S2. The molecule has 0 saturated carbocycles. The van der Waals surface area contributed by atoms with Crippen LogP contribution in [0.15, 0.2) is 29.2 Å². The van der Waals surface area contributed by atoms with Gasteiger partial charge in [0.1, 0.15) is 4.88 Å². The first-order valence-corrected chi connectivity index (χ1v) is 4.90. The van der Waals surface area contributed by atoms with Crippen LogP contribution in [0.25, 0.3) is 10.1 Å². The maximum atomic E-state index is 10.8. The smallest absolute Gasteiger partial charge is 0.347 e. The molecule has 0 spiro atoms. The summed E-state index contributed by atoms with van der Waals surface area (Å²) in [6, 6.07) is 7.53. The molecule has 66 valence electrons. The van der Waals surface area contributed by atoms with Crippen LogP contribution in [0.4, 0.5) is 0 Å². The molecule has 0 bridgehead atoms. The second-order valence-electron chi connectivity index (χ2n) is 2.58. The Morgan fingerprint density at radius 1 is 1.38 bits per heavy atom. The van der Waals surface area contributed by atoms with E-state index in [1.807, 2.05) is 24.3 Å². The number of thiol groups is 1. The molecular weight excluding hydrogens is 204 g/mol. The van der Waals surface area contributed by atoms with Gasteiger partial charge in [-0.1, -0.05) is 18.2 Å². The fraction of sp³-hybridized carbons (Fsp3) is 0. The van der Waals surface area contributed by atoms with E-state index in [9.17, 15) is 4.79 Å². The zero-order valence-electron chi connectivity index (χ0n) is 6.52. The van der Waals surface area contributed by atoms with Gasteiger partial charge in [-0.15, -0.1) is 24.0 Å². The molecule has 1 aromatic heterocycles. The van der Waals surface area contributed by atoms with Gasteiger partial charge in [0.15, 0.2) is 0 Å². The van der Waals surface area contributed by atoms with Crippen LogP contribution >= 0.6 is 24.0 Å². The van der Waals surface area contributed by atoms with Crippen LogP contribution in [0.3, 0.4) is 0 Å². The van der Waals surface area contributed by atoms with Crippen LogP contribution in [-0.2, 0) is 0 Å². The quantitative estimate of drug-likeness (QED) is 0.710. The number of carbonyl (C=O) groups is 1. The first kappa shape index (κ1) is 8.59. The van der Waals surface area contributed by atoms with Gasteiger partial charge in [0, 0.05) is 15.0 Å². The van der Waals surface area contributed by atoms with E-state index in [0.29, 0.717) is 9.77 Å². The Bertz CT molecular complexity index is 473. The summed E-state index contributed by atoms with van der Waals surface area (Å²) in [6.45, 7) is 0. The average molecular weight is 210 g/mol. The van der Waals surface area contributed by atoms with E-state index >= 15 is 0 Å². The molecule has 0 radical (unpaired) electrons. The summed E-state index contributed by atoms with van der Waals surface area (Å²) in [5, 5.41) is 9.74. The van der Waals surface area contributed by atoms with Crippen LogP contribution in [0, 0.1) is 0 Å². The van der Waals surface area contributed by atoms with Crippen molar-refractivity contribution in [2.45, 2.75) is 4.90 Å². The maximum absolute atomic E-state index is 10.8. The maximum Gasteiger partial charge on any atom is 0.347 e. The molecule has 0 fully saturated rings. The molecule has 0 aliphatic heterocycles. The molecule has 1 heterocycles. The third-order valence-corrected chi connectivity index (χ3v) is 3.54. The van der Waals surface area contributed by atoms with Crippen molar-refractivity contribution in [2.24, 2.45) is 0 Å². The van der Waals surface area contributed by atoms with Crippen LogP contribution in [-0.4, -0.2) is 11.1 Å². The highest BCUT2D eigenvalue weighted by atomic mass is 32.1. The predicted octanol–water partition coefficient (Wildman–Crippen LogP) is 2.89. The van der Waals surface area contributed by atoms with E-state index in [4.69, 9.17) is 5.11 Å². The van der Waals surface area contributed by atoms with Crippen LogP contribution in [0.1, 0.15) is 9.67 Å². The van der Waals surface area contributed by atoms with Crippen molar-refractivity contribution in [1.29, 1.82) is 0 Å². The summed E-state index contributed by atoms with van der Waals surface area (Å²) >= 11 is 5.44. The Kier molecular flexibility index (Phi) is 2.01. The van der Waals surface area contributed by atoms with E-state index in [1.54, 1.807) is 0 Å². The van der Waals surface area contributed by atoms with Gasteiger partial charge < -0.3 is 5.11 Å². The molecule has 1 N–H and O–H groups in total. The highest BCUT2D eigenvalue weighted by Gasteiger charge is 2.13. The number of aromatic carboxylic acids is 1. The van der Waals surface area contributed by atoms with Crippen molar-refractivity contribution < 1.29 is 9.90 Å². The number of rotatable bonds is 1. The summed E-state index contributed by atoms with van der Waals surface area (Å²) in [6.07, 6.45) is 0. The highest BCUT2D eigenvalue weighted by Crippen LogP contribution is 2.33. The third kappa shape index (κ3) is 1.32. The summed E-state index contributed by atoms with van der Waals surface area (Å²) in [5.74, 6) is -0.911. The minimum atomic E-state index is -0.911. The zero-order chi connectivity index (χ0) is 9.42. The SMILES string of the molecule is O=C(O)c1sc2ccccc2c1S. The number of carboxylic acid groups (broad SMARTS) is 1. The number of benzene rings is 1. The van der Waals surface area contributed by atoms with Gasteiger partial charge in [-0.25, -0.2) is 4.79 Å². The Hall–Kier alpha value is -1.00. The number of thiophene rings is 1. The van der Waals surface area contributed by atoms with E-state index < -0.39 is 5.97 Å². The second kappa shape index (κ2) is 3.05. The monoisotopic (exact) mass is 210 g/mol. The van der Waals surface area contributed by atoms with Gasteiger partial charge >= 0.3 is 5.97 Å². The first-order chi connectivity index (χ1) is 6.20. The van der Waals surface area contributed by atoms with Crippen molar-refractivity contribution in [3.8, 4) is 0 Å².